The Kier molecular flexibility index (Phi) is 6.37. The quantitative estimate of drug-likeness (QED) is 0.209. The van der Waals surface area contributed by atoms with E-state index in [9.17, 15) is 9.90 Å². The predicted octanol–water partition coefficient (Wildman–Crippen LogP) is 8.55. The van der Waals surface area contributed by atoms with Crippen LogP contribution < -0.4 is 5.32 Å². The Morgan fingerprint density at radius 3 is 2.21 bits per heavy atom. The molecule has 0 spiro atoms. The zero-order chi connectivity index (χ0) is 27.1. The van der Waals surface area contributed by atoms with Crippen molar-refractivity contribution in [2.45, 2.75) is 25.2 Å². The third-order valence-corrected chi connectivity index (χ3v) is 7.99. The van der Waals surface area contributed by atoms with Crippen molar-refractivity contribution in [1.29, 1.82) is 0 Å². The van der Waals surface area contributed by atoms with E-state index in [1.165, 1.54) is 0 Å². The first kappa shape index (κ1) is 25.2. The third-order valence-electron chi connectivity index (χ3n) is 7.17. The van der Waals surface area contributed by atoms with Crippen molar-refractivity contribution < 1.29 is 14.4 Å². The van der Waals surface area contributed by atoms with Gasteiger partial charge in [0.25, 0.3) is 0 Å². The topological polar surface area (TPSA) is 88.2 Å². The molecular formula is C31H23Cl2N3O3. The average Bonchev–Trinajstić information content (AvgIpc) is 3.70. The van der Waals surface area contributed by atoms with E-state index in [4.69, 9.17) is 32.7 Å². The summed E-state index contributed by atoms with van der Waals surface area (Å²) in [4.78, 5) is 16.4. The molecule has 3 aromatic carbocycles. The lowest BCUT2D eigenvalue weighted by Gasteiger charge is -2.11. The molecule has 0 aliphatic heterocycles. The number of nitrogens with one attached hydrogen (secondary N) is 1. The second kappa shape index (κ2) is 9.88. The van der Waals surface area contributed by atoms with Crippen LogP contribution in [0.1, 0.15) is 24.1 Å². The maximum atomic E-state index is 11.6. The summed E-state index contributed by atoms with van der Waals surface area (Å²) in [6.07, 6.45) is 1.38. The molecule has 194 valence electrons. The summed E-state index contributed by atoms with van der Waals surface area (Å²) in [5, 5.41) is 18.0. The Balaban J connectivity index is 1.25. The zero-order valence-electron chi connectivity index (χ0n) is 20.9. The number of benzene rings is 3. The van der Waals surface area contributed by atoms with Crippen LogP contribution in [0.3, 0.4) is 0 Å². The van der Waals surface area contributed by atoms with Gasteiger partial charge in [-0.05, 0) is 54.7 Å². The molecule has 2 aromatic heterocycles. The monoisotopic (exact) mass is 555 g/mol. The summed E-state index contributed by atoms with van der Waals surface area (Å²) in [7, 11) is 0. The van der Waals surface area contributed by atoms with Gasteiger partial charge >= 0.3 is 5.97 Å². The first-order valence-electron chi connectivity index (χ1n) is 12.5. The molecule has 1 fully saturated rings. The molecule has 0 bridgehead atoms. The molecule has 0 atom stereocenters. The molecule has 39 heavy (non-hydrogen) atoms. The Hall–Kier alpha value is -4.13. The van der Waals surface area contributed by atoms with E-state index < -0.39 is 11.4 Å². The Labute approximate surface area is 235 Å². The fourth-order valence-corrected chi connectivity index (χ4v) is 5.14. The largest absolute Gasteiger partial charge is 0.481 e. The van der Waals surface area contributed by atoms with E-state index in [2.05, 4.69) is 10.5 Å². The van der Waals surface area contributed by atoms with Crippen LogP contribution >= 0.6 is 23.2 Å². The molecule has 0 amide bonds. The van der Waals surface area contributed by atoms with Crippen LogP contribution in [-0.2, 0) is 10.2 Å². The van der Waals surface area contributed by atoms with Gasteiger partial charge in [-0.3, -0.25) is 4.79 Å². The molecule has 8 heteroatoms. The van der Waals surface area contributed by atoms with Crippen LogP contribution in [-0.4, -0.2) is 21.2 Å². The van der Waals surface area contributed by atoms with E-state index in [-0.39, 0.29) is 0 Å². The molecule has 6 rings (SSSR count). The highest BCUT2D eigenvalue weighted by Gasteiger charge is 2.51. The van der Waals surface area contributed by atoms with Gasteiger partial charge in [0.1, 0.15) is 17.2 Å². The number of pyridine rings is 1. The zero-order valence-corrected chi connectivity index (χ0v) is 22.4. The van der Waals surface area contributed by atoms with Crippen molar-refractivity contribution in [2.24, 2.45) is 0 Å². The van der Waals surface area contributed by atoms with Gasteiger partial charge in [-0.25, -0.2) is 4.98 Å². The molecular weight excluding hydrogens is 533 g/mol. The van der Waals surface area contributed by atoms with Gasteiger partial charge in [0.15, 0.2) is 5.76 Å². The minimum absolute atomic E-state index is 0.453. The maximum Gasteiger partial charge on any atom is 0.314 e. The minimum atomic E-state index is -0.749. The molecule has 1 aliphatic rings. The van der Waals surface area contributed by atoms with Crippen molar-refractivity contribution in [3.8, 4) is 33.7 Å². The number of hydrogen-bond acceptors (Lipinski definition) is 5. The smallest absolute Gasteiger partial charge is 0.314 e. The van der Waals surface area contributed by atoms with Crippen molar-refractivity contribution >= 4 is 40.7 Å². The summed E-state index contributed by atoms with van der Waals surface area (Å²) in [6.45, 7) is 1.87. The molecule has 2 N–H and O–H groups in total. The summed E-state index contributed by atoms with van der Waals surface area (Å²) in [5.74, 6) is 0.462. The number of halogens is 2. The summed E-state index contributed by atoms with van der Waals surface area (Å²) in [6, 6.07) is 26.9. The van der Waals surface area contributed by atoms with Crippen LogP contribution in [0, 0.1) is 6.92 Å². The first-order valence-corrected chi connectivity index (χ1v) is 13.2. The SMILES string of the molecule is Cc1noc(-c2ccc(-c3ccc(C4(C(=O)O)CC4)cc3)cc2)c1Nc1cccc(-c2cccc(Cl)c2Cl)n1. The Morgan fingerprint density at radius 1 is 0.897 bits per heavy atom. The number of carbonyl (C=O) groups is 1. The normalized spacial score (nSPS) is 13.7. The summed E-state index contributed by atoms with van der Waals surface area (Å²) < 4.78 is 5.70. The Bertz CT molecular complexity index is 1690. The van der Waals surface area contributed by atoms with E-state index in [0.29, 0.717) is 45.9 Å². The van der Waals surface area contributed by atoms with Crippen LogP contribution in [0.15, 0.2) is 89.5 Å². The summed E-state index contributed by atoms with van der Waals surface area (Å²) >= 11 is 12.6. The third kappa shape index (κ3) is 4.67. The molecule has 0 saturated heterocycles. The van der Waals surface area contributed by atoms with Gasteiger partial charge < -0.3 is 14.9 Å². The van der Waals surface area contributed by atoms with E-state index in [0.717, 1.165) is 33.5 Å². The van der Waals surface area contributed by atoms with Gasteiger partial charge in [0, 0.05) is 11.1 Å². The van der Waals surface area contributed by atoms with Gasteiger partial charge in [-0.15, -0.1) is 0 Å². The number of carboxylic acid groups (broad SMARTS) is 1. The number of anilines is 2. The molecule has 2 heterocycles. The first-order chi connectivity index (χ1) is 18.9. The van der Waals surface area contributed by atoms with Crippen LogP contribution in [0.5, 0.6) is 0 Å². The van der Waals surface area contributed by atoms with Gasteiger partial charge in [0.2, 0.25) is 0 Å². The second-order valence-electron chi connectivity index (χ2n) is 9.65. The van der Waals surface area contributed by atoms with Gasteiger partial charge in [0.05, 0.1) is 21.2 Å². The fourth-order valence-electron chi connectivity index (χ4n) is 4.74. The molecule has 0 radical (unpaired) electrons. The Morgan fingerprint density at radius 2 is 1.54 bits per heavy atom. The number of aromatic nitrogens is 2. The molecule has 0 unspecified atom stereocenters. The van der Waals surface area contributed by atoms with Crippen molar-refractivity contribution in [3.63, 3.8) is 0 Å². The number of hydrogen-bond donors (Lipinski definition) is 2. The highest BCUT2D eigenvalue weighted by molar-refractivity contribution is 6.43. The van der Waals surface area contributed by atoms with Crippen molar-refractivity contribution in [1.82, 2.24) is 10.1 Å². The van der Waals surface area contributed by atoms with Crippen LogP contribution in [0.2, 0.25) is 10.0 Å². The second-order valence-corrected chi connectivity index (χ2v) is 10.4. The highest BCUT2D eigenvalue weighted by atomic mass is 35.5. The number of nitrogens with zero attached hydrogens (tertiary/aromatic N) is 2. The van der Waals surface area contributed by atoms with Crippen LogP contribution in [0.4, 0.5) is 11.5 Å². The van der Waals surface area contributed by atoms with E-state index in [1.807, 2.05) is 85.8 Å². The molecule has 1 aliphatic carbocycles. The summed E-state index contributed by atoms with van der Waals surface area (Å²) in [5.41, 5.74) is 5.90. The van der Waals surface area contributed by atoms with Crippen LogP contribution in [0.25, 0.3) is 33.7 Å². The standard InChI is InChI=1S/C31H23Cl2N3O3/c1-18-28(35-26-7-3-6-25(34-26)23-4-2-5-24(32)27(23)33)29(39-36-18)21-10-8-19(9-11-21)20-12-14-22(15-13-20)31(16-17-31)30(37)38/h2-15H,16-17H2,1H3,(H,34,35)(H,37,38). The van der Waals surface area contributed by atoms with Gasteiger partial charge in [-0.2, -0.15) is 0 Å². The molecule has 1 saturated carbocycles. The lowest BCUT2D eigenvalue weighted by Crippen LogP contribution is -2.19. The molecule has 5 aromatic rings. The molecule has 6 nitrogen and oxygen atoms in total. The number of carboxylic acids is 1. The fraction of sp³-hybridized carbons (Fsp3) is 0.129. The lowest BCUT2D eigenvalue weighted by atomic mass is 9.93. The van der Waals surface area contributed by atoms with E-state index >= 15 is 0 Å². The average molecular weight is 556 g/mol. The number of aliphatic carboxylic acids is 1. The highest BCUT2D eigenvalue weighted by Crippen LogP contribution is 2.48. The minimum Gasteiger partial charge on any atom is -0.481 e. The number of aryl methyl sites for hydroxylation is 1. The lowest BCUT2D eigenvalue weighted by molar-refractivity contribution is -0.140. The van der Waals surface area contributed by atoms with Gasteiger partial charge in [-0.1, -0.05) is 95.1 Å². The predicted molar refractivity (Wildman–Crippen MR) is 154 cm³/mol. The maximum absolute atomic E-state index is 11.6. The van der Waals surface area contributed by atoms with E-state index in [1.54, 1.807) is 6.07 Å². The van der Waals surface area contributed by atoms with Crippen molar-refractivity contribution in [2.75, 3.05) is 5.32 Å². The van der Waals surface area contributed by atoms with Crippen molar-refractivity contribution in [3.05, 3.63) is 106 Å². The number of rotatable bonds is 7.